The highest BCUT2D eigenvalue weighted by molar-refractivity contribution is 5.91. The second-order valence-corrected chi connectivity index (χ2v) is 9.80. The van der Waals surface area contributed by atoms with Crippen LogP contribution >= 0.6 is 0 Å². The van der Waals surface area contributed by atoms with Crippen LogP contribution in [-0.2, 0) is 34.7 Å². The van der Waals surface area contributed by atoms with Gasteiger partial charge in [-0.2, -0.15) is 0 Å². The molecule has 1 N–H and O–H groups in total. The van der Waals surface area contributed by atoms with E-state index >= 15 is 0 Å². The van der Waals surface area contributed by atoms with Gasteiger partial charge in [0.25, 0.3) is 5.56 Å². The number of pyridine rings is 2. The van der Waals surface area contributed by atoms with Crippen molar-refractivity contribution in [2.75, 3.05) is 26.9 Å². The maximum atomic E-state index is 13.6. The van der Waals surface area contributed by atoms with Crippen molar-refractivity contribution >= 4 is 16.9 Å². The molecule has 0 saturated heterocycles. The molecule has 0 unspecified atom stereocenters. The van der Waals surface area contributed by atoms with Gasteiger partial charge in [0, 0.05) is 29.1 Å². The van der Waals surface area contributed by atoms with Crippen molar-refractivity contribution in [1.29, 1.82) is 0 Å². The van der Waals surface area contributed by atoms with E-state index in [9.17, 15) is 14.7 Å². The summed E-state index contributed by atoms with van der Waals surface area (Å²) < 4.78 is 18.1. The Hall–Kier alpha value is -3.43. The number of fused-ring (bicyclic) bond motifs is 6. The van der Waals surface area contributed by atoms with Gasteiger partial charge in [0.2, 0.25) is 6.79 Å². The topological polar surface area (TPSA) is 103 Å². The van der Waals surface area contributed by atoms with Crippen molar-refractivity contribution < 1.29 is 24.1 Å². The third kappa shape index (κ3) is 3.26. The molecule has 0 radical (unpaired) electrons. The lowest BCUT2D eigenvalue weighted by Crippen LogP contribution is -2.44. The molecule has 1 aromatic carbocycles. The number of aliphatic hydroxyl groups is 1. The van der Waals surface area contributed by atoms with Gasteiger partial charge in [-0.05, 0) is 50.6 Å². The van der Waals surface area contributed by atoms with E-state index in [4.69, 9.17) is 19.2 Å². The summed E-state index contributed by atoms with van der Waals surface area (Å²) in [5.41, 5.74) is 2.71. The quantitative estimate of drug-likeness (QED) is 0.411. The van der Waals surface area contributed by atoms with Crippen molar-refractivity contribution in [3.8, 4) is 22.9 Å². The van der Waals surface area contributed by atoms with Crippen molar-refractivity contribution in [2.24, 2.45) is 0 Å². The number of benzene rings is 1. The van der Waals surface area contributed by atoms with Gasteiger partial charge in [0.1, 0.15) is 6.61 Å². The lowest BCUT2D eigenvalue weighted by Gasteiger charge is -2.31. The van der Waals surface area contributed by atoms with Crippen molar-refractivity contribution in [3.05, 3.63) is 50.8 Å². The number of rotatable bonds is 6. The highest BCUT2D eigenvalue weighted by Gasteiger charge is 2.45. The summed E-state index contributed by atoms with van der Waals surface area (Å²) in [6.07, 6.45) is 1.95. The molecule has 188 valence electrons. The van der Waals surface area contributed by atoms with Crippen molar-refractivity contribution in [3.63, 3.8) is 0 Å². The van der Waals surface area contributed by atoms with Gasteiger partial charge >= 0.3 is 5.97 Å². The van der Waals surface area contributed by atoms with Gasteiger partial charge < -0.3 is 28.8 Å². The molecule has 0 fully saturated rings. The number of esters is 1. The lowest BCUT2D eigenvalue weighted by molar-refractivity contribution is -0.172. The van der Waals surface area contributed by atoms with E-state index in [1.54, 1.807) is 17.6 Å². The van der Waals surface area contributed by atoms with E-state index < -0.39 is 11.6 Å². The van der Waals surface area contributed by atoms with Crippen molar-refractivity contribution in [2.45, 2.75) is 51.9 Å². The lowest BCUT2D eigenvalue weighted by atomic mass is 9.86. The number of ether oxygens (including phenoxy) is 3. The summed E-state index contributed by atoms with van der Waals surface area (Å²) in [6.45, 7) is 6.12. The fourth-order valence-electron chi connectivity index (χ4n) is 5.63. The summed E-state index contributed by atoms with van der Waals surface area (Å²) in [7, 11) is 2.11. The SMILES string of the molecule is CCCN(C)CCc1c2c(nc3cc4c(cc13)OCO4)-c1cc3c(c(=O)n1C2)COC(=O)[C@]3(O)CC. The number of likely N-dealkylation sites (N-methyl/N-ethyl adjacent to an activating group) is 1. The molecule has 2 aromatic heterocycles. The summed E-state index contributed by atoms with van der Waals surface area (Å²) >= 11 is 0. The van der Waals surface area contributed by atoms with Crippen LogP contribution in [0.5, 0.6) is 11.5 Å². The fraction of sp³-hybridized carbons (Fsp3) is 0.444. The molecule has 3 aromatic rings. The van der Waals surface area contributed by atoms with Crippen LogP contribution in [-0.4, -0.2) is 52.5 Å². The molecule has 0 amide bonds. The highest BCUT2D eigenvalue weighted by atomic mass is 16.7. The zero-order chi connectivity index (χ0) is 25.2. The van der Waals surface area contributed by atoms with Crippen LogP contribution < -0.4 is 15.0 Å². The Morgan fingerprint density at radius 2 is 1.86 bits per heavy atom. The van der Waals surface area contributed by atoms with Crippen LogP contribution in [0.25, 0.3) is 22.3 Å². The maximum Gasteiger partial charge on any atom is 0.343 e. The number of carbonyl (C=O) groups excluding carboxylic acids is 1. The average molecular weight is 492 g/mol. The molecule has 0 spiro atoms. The zero-order valence-corrected chi connectivity index (χ0v) is 20.7. The molecule has 5 heterocycles. The Morgan fingerprint density at radius 3 is 2.61 bits per heavy atom. The van der Waals surface area contributed by atoms with Crippen LogP contribution in [0.4, 0.5) is 0 Å². The molecule has 1 atom stereocenters. The third-order valence-corrected chi connectivity index (χ3v) is 7.65. The molecule has 9 heteroatoms. The monoisotopic (exact) mass is 491 g/mol. The van der Waals surface area contributed by atoms with Crippen molar-refractivity contribution in [1.82, 2.24) is 14.5 Å². The number of hydrogen-bond acceptors (Lipinski definition) is 8. The molecule has 0 bridgehead atoms. The average Bonchev–Trinajstić information content (AvgIpc) is 3.48. The largest absolute Gasteiger partial charge is 0.458 e. The van der Waals surface area contributed by atoms with Gasteiger partial charge in [0.05, 0.1) is 29.0 Å². The molecular weight excluding hydrogens is 462 g/mol. The molecule has 3 aliphatic rings. The Morgan fingerprint density at radius 1 is 1.08 bits per heavy atom. The third-order valence-electron chi connectivity index (χ3n) is 7.65. The van der Waals surface area contributed by atoms with E-state index in [2.05, 4.69) is 18.9 Å². The first-order valence-electron chi connectivity index (χ1n) is 12.5. The number of carbonyl (C=O) groups is 1. The van der Waals surface area contributed by atoms with E-state index in [1.165, 1.54) is 0 Å². The van der Waals surface area contributed by atoms with Crippen LogP contribution in [0, 0.1) is 0 Å². The van der Waals surface area contributed by atoms with Gasteiger partial charge in [-0.25, -0.2) is 9.78 Å². The summed E-state index contributed by atoms with van der Waals surface area (Å²) in [5.74, 6) is 0.617. The Labute approximate surface area is 208 Å². The molecule has 9 nitrogen and oxygen atoms in total. The smallest absolute Gasteiger partial charge is 0.343 e. The number of cyclic esters (lactones) is 1. The fourth-order valence-corrected chi connectivity index (χ4v) is 5.63. The number of aromatic nitrogens is 2. The van der Waals surface area contributed by atoms with E-state index in [-0.39, 0.29) is 25.4 Å². The molecule has 0 aliphatic carbocycles. The minimum atomic E-state index is -1.85. The second kappa shape index (κ2) is 8.31. The zero-order valence-electron chi connectivity index (χ0n) is 20.7. The van der Waals surface area contributed by atoms with Crippen LogP contribution in [0.2, 0.25) is 0 Å². The normalized spacial score (nSPS) is 19.4. The molecule has 3 aliphatic heterocycles. The molecular formula is C27H29N3O6. The highest BCUT2D eigenvalue weighted by Crippen LogP contribution is 2.43. The maximum absolute atomic E-state index is 13.6. The minimum absolute atomic E-state index is 0.109. The first-order valence-corrected chi connectivity index (χ1v) is 12.5. The summed E-state index contributed by atoms with van der Waals surface area (Å²) in [4.78, 5) is 33.3. The number of nitrogens with zero attached hydrogens (tertiary/aromatic N) is 3. The molecule has 6 rings (SSSR count). The molecule has 0 saturated carbocycles. The van der Waals surface area contributed by atoms with Crippen LogP contribution in [0.1, 0.15) is 48.9 Å². The van der Waals surface area contributed by atoms with Crippen LogP contribution in [0.15, 0.2) is 23.0 Å². The first kappa shape index (κ1) is 23.0. The second-order valence-electron chi connectivity index (χ2n) is 9.80. The van der Waals surface area contributed by atoms with Gasteiger partial charge in [0.15, 0.2) is 17.1 Å². The Balaban J connectivity index is 1.57. The summed E-state index contributed by atoms with van der Waals surface area (Å²) in [5, 5.41) is 12.1. The standard InChI is InChI=1S/C27H29N3O6/c1-4-7-29(3)8-6-15-16-9-22-23(36-14-35-22)11-20(16)28-24-17(15)12-30-21(24)10-19-18(25(30)31)13-34-26(32)27(19,33)5-2/h9-11,33H,4-8,12-14H2,1-3H3/t27-/m0/s1. The predicted octanol–water partition coefficient (Wildman–Crippen LogP) is 2.69. The van der Waals surface area contributed by atoms with E-state index in [0.717, 1.165) is 48.0 Å². The van der Waals surface area contributed by atoms with E-state index in [1.807, 2.05) is 12.1 Å². The Kier molecular flexibility index (Phi) is 5.31. The van der Waals surface area contributed by atoms with Gasteiger partial charge in [-0.1, -0.05) is 13.8 Å². The summed E-state index contributed by atoms with van der Waals surface area (Å²) in [6, 6.07) is 5.63. The van der Waals surface area contributed by atoms with Gasteiger partial charge in [-0.3, -0.25) is 4.79 Å². The van der Waals surface area contributed by atoms with Crippen LogP contribution in [0.3, 0.4) is 0 Å². The van der Waals surface area contributed by atoms with E-state index in [0.29, 0.717) is 40.6 Å². The predicted molar refractivity (Wildman–Crippen MR) is 132 cm³/mol. The Bertz CT molecular complexity index is 1480. The first-order chi connectivity index (χ1) is 17.4. The van der Waals surface area contributed by atoms with Gasteiger partial charge in [-0.15, -0.1) is 0 Å². The number of hydrogen-bond donors (Lipinski definition) is 1. The molecule has 36 heavy (non-hydrogen) atoms. The minimum Gasteiger partial charge on any atom is -0.458 e.